The molecule has 156 valence electrons. The van der Waals surface area contributed by atoms with E-state index in [2.05, 4.69) is 5.32 Å². The number of rotatable bonds is 3. The van der Waals surface area contributed by atoms with Gasteiger partial charge in [-0.1, -0.05) is 0 Å². The van der Waals surface area contributed by atoms with Crippen molar-refractivity contribution in [3.63, 3.8) is 0 Å². The number of carbonyl (C=O) groups is 3. The first kappa shape index (κ1) is 19.5. The van der Waals surface area contributed by atoms with Crippen LogP contribution >= 0.6 is 0 Å². The Balaban J connectivity index is 1.50. The Bertz CT molecular complexity index is 821. The number of hydrogen-bond donors (Lipinski definition) is 1. The summed E-state index contributed by atoms with van der Waals surface area (Å²) in [6, 6.07) is 5.12. The Labute approximate surface area is 170 Å². The van der Waals surface area contributed by atoms with Gasteiger partial charge in [-0.15, -0.1) is 0 Å². The van der Waals surface area contributed by atoms with E-state index >= 15 is 0 Å². The number of methoxy groups -OCH3 is 1. The largest absolute Gasteiger partial charge is 0.497 e. The third-order valence-electron chi connectivity index (χ3n) is 6.10. The fourth-order valence-corrected chi connectivity index (χ4v) is 4.26. The maximum absolute atomic E-state index is 12.7. The van der Waals surface area contributed by atoms with Crippen LogP contribution in [-0.4, -0.2) is 73.0 Å². The predicted octanol–water partition coefficient (Wildman–Crippen LogP) is 1.19. The molecule has 1 aromatic rings. The highest BCUT2D eigenvalue weighted by molar-refractivity contribution is 5.97. The maximum Gasteiger partial charge on any atom is 0.255 e. The van der Waals surface area contributed by atoms with Crippen molar-refractivity contribution in [2.45, 2.75) is 37.7 Å². The van der Waals surface area contributed by atoms with E-state index in [-0.39, 0.29) is 30.7 Å². The second-order valence-electron chi connectivity index (χ2n) is 7.98. The van der Waals surface area contributed by atoms with E-state index < -0.39 is 5.60 Å². The molecule has 3 aliphatic heterocycles. The Morgan fingerprint density at radius 3 is 2.76 bits per heavy atom. The van der Waals surface area contributed by atoms with Crippen molar-refractivity contribution in [2.75, 3.05) is 39.8 Å². The second kappa shape index (κ2) is 7.93. The summed E-state index contributed by atoms with van der Waals surface area (Å²) in [5.41, 5.74) is -0.228. The van der Waals surface area contributed by atoms with Crippen molar-refractivity contribution >= 4 is 17.7 Å². The lowest BCUT2D eigenvalue weighted by atomic mass is 9.94. The highest BCUT2D eigenvalue weighted by Crippen LogP contribution is 2.35. The Morgan fingerprint density at radius 2 is 2.00 bits per heavy atom. The zero-order valence-electron chi connectivity index (χ0n) is 16.7. The predicted molar refractivity (Wildman–Crippen MR) is 105 cm³/mol. The molecular formula is C21H27N3O5. The molecule has 2 saturated heterocycles. The monoisotopic (exact) mass is 401 g/mol. The van der Waals surface area contributed by atoms with Crippen LogP contribution in [0.3, 0.4) is 0 Å². The van der Waals surface area contributed by atoms with Crippen LogP contribution in [0.15, 0.2) is 18.2 Å². The smallest absolute Gasteiger partial charge is 0.255 e. The van der Waals surface area contributed by atoms with E-state index in [0.717, 1.165) is 25.9 Å². The number of amides is 3. The number of benzene rings is 1. The number of hydrogen-bond acceptors (Lipinski definition) is 5. The first-order valence-electron chi connectivity index (χ1n) is 10.2. The van der Waals surface area contributed by atoms with Crippen LogP contribution in [0.5, 0.6) is 11.5 Å². The molecule has 1 atom stereocenters. The Hall–Kier alpha value is -2.77. The highest BCUT2D eigenvalue weighted by atomic mass is 16.5. The molecule has 3 aliphatic rings. The third kappa shape index (κ3) is 4.02. The summed E-state index contributed by atoms with van der Waals surface area (Å²) in [5.74, 6) is 0.845. The van der Waals surface area contributed by atoms with Gasteiger partial charge in [-0.25, -0.2) is 0 Å². The van der Waals surface area contributed by atoms with Gasteiger partial charge in [0.25, 0.3) is 5.91 Å². The first-order chi connectivity index (χ1) is 14.0. The number of ether oxygens (including phenoxy) is 2. The SMILES string of the molecule is COc1ccc2c(c1)O[C@]1(CCC(=O)N(CC(=O)N3CCCC3)CC1)CNC2=O. The lowest BCUT2D eigenvalue weighted by Gasteiger charge is -2.32. The molecular weight excluding hydrogens is 374 g/mol. The van der Waals surface area contributed by atoms with Crippen LogP contribution in [0.1, 0.15) is 42.5 Å². The molecule has 3 heterocycles. The van der Waals surface area contributed by atoms with Crippen LogP contribution in [0.25, 0.3) is 0 Å². The summed E-state index contributed by atoms with van der Waals surface area (Å²) >= 11 is 0. The molecule has 0 unspecified atom stereocenters. The van der Waals surface area contributed by atoms with Crippen LogP contribution in [0.4, 0.5) is 0 Å². The molecule has 1 spiro atoms. The molecule has 2 fully saturated rings. The van der Waals surface area contributed by atoms with E-state index in [1.165, 1.54) is 0 Å². The molecule has 29 heavy (non-hydrogen) atoms. The van der Waals surface area contributed by atoms with Crippen molar-refractivity contribution < 1.29 is 23.9 Å². The molecule has 1 aromatic carbocycles. The molecule has 1 N–H and O–H groups in total. The van der Waals surface area contributed by atoms with Crippen molar-refractivity contribution in [1.29, 1.82) is 0 Å². The van der Waals surface area contributed by atoms with Gasteiger partial charge in [0.05, 0.1) is 25.8 Å². The van der Waals surface area contributed by atoms with Gasteiger partial charge in [-0.05, 0) is 31.4 Å². The van der Waals surface area contributed by atoms with Crippen molar-refractivity contribution in [3.05, 3.63) is 23.8 Å². The molecule has 0 aromatic heterocycles. The van der Waals surface area contributed by atoms with Crippen LogP contribution < -0.4 is 14.8 Å². The normalized spacial score (nSPS) is 24.4. The van der Waals surface area contributed by atoms with Crippen LogP contribution in [0.2, 0.25) is 0 Å². The van der Waals surface area contributed by atoms with E-state index in [1.54, 1.807) is 30.2 Å². The van der Waals surface area contributed by atoms with Crippen LogP contribution in [0, 0.1) is 0 Å². The summed E-state index contributed by atoms with van der Waals surface area (Å²) in [4.78, 5) is 41.1. The summed E-state index contributed by atoms with van der Waals surface area (Å²) in [5, 5.41) is 2.93. The second-order valence-corrected chi connectivity index (χ2v) is 7.98. The minimum absolute atomic E-state index is 0.0111. The van der Waals surface area contributed by atoms with Crippen molar-refractivity contribution in [3.8, 4) is 11.5 Å². The number of likely N-dealkylation sites (tertiary alicyclic amines) is 2. The van der Waals surface area contributed by atoms with Gasteiger partial charge < -0.3 is 24.6 Å². The minimum Gasteiger partial charge on any atom is -0.497 e. The molecule has 8 nitrogen and oxygen atoms in total. The lowest BCUT2D eigenvalue weighted by Crippen LogP contribution is -2.46. The molecule has 8 heteroatoms. The molecule has 3 amide bonds. The topological polar surface area (TPSA) is 88.2 Å². The van der Waals surface area contributed by atoms with Crippen molar-refractivity contribution in [2.24, 2.45) is 0 Å². The van der Waals surface area contributed by atoms with Gasteiger partial charge in [0.2, 0.25) is 11.8 Å². The van der Waals surface area contributed by atoms with E-state index in [1.807, 2.05) is 4.90 Å². The summed E-state index contributed by atoms with van der Waals surface area (Å²) in [6.07, 6.45) is 3.36. The molecule has 0 radical (unpaired) electrons. The van der Waals surface area contributed by atoms with Gasteiger partial charge in [-0.3, -0.25) is 14.4 Å². The van der Waals surface area contributed by atoms with Gasteiger partial charge in [0, 0.05) is 38.5 Å². The standard InChI is InChI=1S/C21H27N3O5/c1-28-15-4-5-16-17(12-15)29-21(14-22-20(16)27)7-6-18(25)24(11-8-21)13-19(26)23-9-2-3-10-23/h4-5,12H,2-3,6-11,13-14H2,1H3,(H,22,27)/t21-/m0/s1. The molecule has 0 aliphatic carbocycles. The van der Waals surface area contributed by atoms with E-state index in [0.29, 0.717) is 43.0 Å². The Morgan fingerprint density at radius 1 is 1.21 bits per heavy atom. The lowest BCUT2D eigenvalue weighted by molar-refractivity contribution is -0.139. The molecule has 4 rings (SSSR count). The number of fused-ring (bicyclic) bond motifs is 1. The van der Waals surface area contributed by atoms with Gasteiger partial charge in [-0.2, -0.15) is 0 Å². The van der Waals surface area contributed by atoms with Gasteiger partial charge in [0.1, 0.15) is 17.1 Å². The summed E-state index contributed by atoms with van der Waals surface area (Å²) in [6.45, 7) is 2.42. The number of nitrogens with zero attached hydrogens (tertiary/aromatic N) is 2. The highest BCUT2D eigenvalue weighted by Gasteiger charge is 2.41. The number of carbonyl (C=O) groups excluding carboxylic acids is 3. The average molecular weight is 401 g/mol. The van der Waals surface area contributed by atoms with Crippen molar-refractivity contribution in [1.82, 2.24) is 15.1 Å². The Kier molecular flexibility index (Phi) is 5.34. The zero-order valence-corrected chi connectivity index (χ0v) is 16.7. The third-order valence-corrected chi connectivity index (χ3v) is 6.10. The van der Waals surface area contributed by atoms with E-state index in [9.17, 15) is 14.4 Å². The minimum atomic E-state index is -0.686. The zero-order chi connectivity index (χ0) is 20.4. The first-order valence-corrected chi connectivity index (χ1v) is 10.2. The molecule has 0 bridgehead atoms. The fourth-order valence-electron chi connectivity index (χ4n) is 4.26. The van der Waals surface area contributed by atoms with Gasteiger partial charge in [0.15, 0.2) is 0 Å². The maximum atomic E-state index is 12.7. The average Bonchev–Trinajstić information content (AvgIpc) is 3.18. The fraction of sp³-hybridized carbons (Fsp3) is 0.571. The molecule has 0 saturated carbocycles. The van der Waals surface area contributed by atoms with Crippen LogP contribution in [-0.2, 0) is 9.59 Å². The van der Waals surface area contributed by atoms with E-state index in [4.69, 9.17) is 9.47 Å². The number of nitrogens with one attached hydrogen (secondary N) is 1. The quantitative estimate of drug-likeness (QED) is 0.822. The summed E-state index contributed by atoms with van der Waals surface area (Å²) < 4.78 is 11.6. The van der Waals surface area contributed by atoms with Gasteiger partial charge >= 0.3 is 0 Å². The summed E-state index contributed by atoms with van der Waals surface area (Å²) in [7, 11) is 1.56.